The summed E-state index contributed by atoms with van der Waals surface area (Å²) >= 11 is 0. The Balaban J connectivity index is 1.32. The Morgan fingerprint density at radius 1 is 1.05 bits per heavy atom. The number of fused-ring (bicyclic) bond motifs is 1. The Labute approximate surface area is 225 Å². The third kappa shape index (κ3) is 4.76. The first-order valence-corrected chi connectivity index (χ1v) is 14.0. The fraction of sp³-hybridized carbons (Fsp3) is 0.385. The van der Waals surface area contributed by atoms with Crippen LogP contribution in [-0.4, -0.2) is 92.5 Å². The fourth-order valence-electron chi connectivity index (χ4n) is 5.24. The number of carbonyl (C=O) groups is 4. The molecule has 0 aliphatic carbocycles. The van der Waals surface area contributed by atoms with Crippen molar-refractivity contribution in [1.82, 2.24) is 19.4 Å². The van der Waals surface area contributed by atoms with Gasteiger partial charge in [0.1, 0.15) is 11.9 Å². The van der Waals surface area contributed by atoms with E-state index in [1.807, 2.05) is 0 Å². The van der Waals surface area contributed by atoms with Gasteiger partial charge in [-0.2, -0.15) is 4.31 Å². The van der Waals surface area contributed by atoms with Crippen molar-refractivity contribution >= 4 is 39.3 Å². The molecular weight excluding hydrogens is 529 g/mol. The van der Waals surface area contributed by atoms with E-state index in [4.69, 9.17) is 0 Å². The quantitative estimate of drug-likeness (QED) is 0.539. The number of piperidine rings is 1. The number of anilines is 1. The molecule has 0 saturated carbocycles. The number of amides is 4. The molecule has 206 valence electrons. The van der Waals surface area contributed by atoms with E-state index >= 15 is 4.39 Å². The van der Waals surface area contributed by atoms with Gasteiger partial charge in [0.05, 0.1) is 16.1 Å². The number of hydrogen-bond donors (Lipinski definition) is 1. The SMILES string of the molecule is CN(C)C(=O)c1ccccc1S(=O)(=O)N1CCN(c2cc3c(cc2F)C(=O)N(C2CCC(=O)NC2=O)C3)CC1. The van der Waals surface area contributed by atoms with Crippen LogP contribution in [-0.2, 0) is 26.2 Å². The van der Waals surface area contributed by atoms with Gasteiger partial charge in [0.2, 0.25) is 21.8 Å². The highest BCUT2D eigenvalue weighted by atomic mass is 32.2. The molecule has 3 aliphatic heterocycles. The van der Waals surface area contributed by atoms with Gasteiger partial charge >= 0.3 is 0 Å². The first-order chi connectivity index (χ1) is 18.5. The zero-order valence-electron chi connectivity index (χ0n) is 21.5. The van der Waals surface area contributed by atoms with Crippen molar-refractivity contribution in [2.45, 2.75) is 30.3 Å². The molecule has 2 fully saturated rings. The second-order valence-corrected chi connectivity index (χ2v) is 11.9. The van der Waals surface area contributed by atoms with Gasteiger partial charge in [0, 0.05) is 58.8 Å². The fourth-order valence-corrected chi connectivity index (χ4v) is 6.84. The lowest BCUT2D eigenvalue weighted by molar-refractivity contribution is -0.136. The number of halogens is 1. The summed E-state index contributed by atoms with van der Waals surface area (Å²) in [5.41, 5.74) is 1.06. The Morgan fingerprint density at radius 3 is 2.41 bits per heavy atom. The van der Waals surface area contributed by atoms with E-state index in [1.54, 1.807) is 37.2 Å². The van der Waals surface area contributed by atoms with E-state index in [0.717, 1.165) is 6.07 Å². The van der Waals surface area contributed by atoms with Crippen LogP contribution in [0, 0.1) is 5.82 Å². The zero-order valence-corrected chi connectivity index (χ0v) is 22.3. The molecule has 2 aromatic rings. The number of benzene rings is 2. The summed E-state index contributed by atoms with van der Waals surface area (Å²) in [6.45, 7) is 0.654. The van der Waals surface area contributed by atoms with Gasteiger partial charge in [-0.1, -0.05) is 12.1 Å². The molecule has 0 aromatic heterocycles. The molecule has 3 heterocycles. The van der Waals surface area contributed by atoms with Crippen molar-refractivity contribution in [2.75, 3.05) is 45.2 Å². The first kappa shape index (κ1) is 26.8. The Kier molecular flexibility index (Phi) is 6.89. The lowest BCUT2D eigenvalue weighted by Crippen LogP contribution is -2.52. The van der Waals surface area contributed by atoms with Gasteiger partial charge in [0.25, 0.3) is 11.8 Å². The smallest absolute Gasteiger partial charge is 0.255 e. The summed E-state index contributed by atoms with van der Waals surface area (Å²) in [6.07, 6.45) is 0.330. The van der Waals surface area contributed by atoms with Crippen molar-refractivity contribution in [3.05, 3.63) is 58.9 Å². The molecule has 2 saturated heterocycles. The molecule has 2 aromatic carbocycles. The van der Waals surface area contributed by atoms with Gasteiger partial charge < -0.3 is 14.7 Å². The maximum atomic E-state index is 15.2. The van der Waals surface area contributed by atoms with E-state index in [0.29, 0.717) is 5.56 Å². The number of imide groups is 1. The Morgan fingerprint density at radius 2 is 1.74 bits per heavy atom. The summed E-state index contributed by atoms with van der Waals surface area (Å²) < 4.78 is 43.4. The van der Waals surface area contributed by atoms with Gasteiger partial charge in [-0.05, 0) is 36.2 Å². The molecule has 1 atom stereocenters. The van der Waals surface area contributed by atoms with Crippen molar-refractivity contribution < 1.29 is 32.0 Å². The normalized spacial score (nSPS) is 20.2. The monoisotopic (exact) mass is 557 g/mol. The summed E-state index contributed by atoms with van der Waals surface area (Å²) in [5.74, 6) is -2.44. The second-order valence-electron chi connectivity index (χ2n) is 9.95. The minimum absolute atomic E-state index is 0.0741. The standard InChI is InChI=1S/C26H28FN5O6S/c1-29(2)25(35)17-5-3-4-6-22(17)39(37,38)31-11-9-30(10-12-31)21-13-16-15-32(26(36)18(16)14-19(21)27)20-7-8-23(33)28-24(20)34/h3-6,13-14,20H,7-12,15H2,1-2H3,(H,28,33,34). The molecule has 0 spiro atoms. The first-order valence-electron chi connectivity index (χ1n) is 12.5. The molecule has 0 radical (unpaired) electrons. The lowest BCUT2D eigenvalue weighted by atomic mass is 10.0. The van der Waals surface area contributed by atoms with Crippen LogP contribution >= 0.6 is 0 Å². The number of hydrogen-bond acceptors (Lipinski definition) is 7. The predicted molar refractivity (Wildman–Crippen MR) is 138 cm³/mol. The average molecular weight is 558 g/mol. The van der Waals surface area contributed by atoms with Crippen molar-refractivity contribution in [3.8, 4) is 0 Å². The van der Waals surface area contributed by atoms with Crippen LogP contribution in [0.1, 0.15) is 39.1 Å². The van der Waals surface area contributed by atoms with E-state index < -0.39 is 39.6 Å². The number of rotatable bonds is 5. The van der Waals surface area contributed by atoms with Crippen LogP contribution in [0.25, 0.3) is 0 Å². The second kappa shape index (κ2) is 10.0. The van der Waals surface area contributed by atoms with E-state index in [9.17, 15) is 27.6 Å². The maximum absolute atomic E-state index is 15.2. The highest BCUT2D eigenvalue weighted by molar-refractivity contribution is 7.89. The number of sulfonamides is 1. The average Bonchev–Trinajstić information content (AvgIpc) is 3.22. The van der Waals surface area contributed by atoms with Gasteiger partial charge in [-0.15, -0.1) is 0 Å². The highest BCUT2D eigenvalue weighted by Gasteiger charge is 2.40. The molecular formula is C26H28FN5O6S. The molecule has 4 amide bonds. The molecule has 1 N–H and O–H groups in total. The minimum Gasteiger partial charge on any atom is -0.367 e. The molecule has 13 heteroatoms. The van der Waals surface area contributed by atoms with Gasteiger partial charge in [0.15, 0.2) is 0 Å². The molecule has 39 heavy (non-hydrogen) atoms. The van der Waals surface area contributed by atoms with Crippen LogP contribution < -0.4 is 10.2 Å². The predicted octanol–water partition coefficient (Wildman–Crippen LogP) is 0.799. The van der Waals surface area contributed by atoms with Crippen LogP contribution in [0.2, 0.25) is 0 Å². The topological polar surface area (TPSA) is 127 Å². The Hall–Kier alpha value is -3.84. The minimum atomic E-state index is -3.98. The number of piperazine rings is 1. The number of nitrogens with one attached hydrogen (secondary N) is 1. The van der Waals surface area contributed by atoms with Crippen molar-refractivity contribution in [2.24, 2.45) is 0 Å². The maximum Gasteiger partial charge on any atom is 0.255 e. The summed E-state index contributed by atoms with van der Waals surface area (Å²) in [6, 6.07) is 7.99. The van der Waals surface area contributed by atoms with E-state index in [-0.39, 0.29) is 73.2 Å². The molecule has 5 rings (SSSR count). The summed E-state index contributed by atoms with van der Waals surface area (Å²) in [7, 11) is -0.883. The Bertz CT molecular complexity index is 1490. The van der Waals surface area contributed by atoms with Crippen LogP contribution in [0.5, 0.6) is 0 Å². The lowest BCUT2D eigenvalue weighted by Gasteiger charge is -2.36. The van der Waals surface area contributed by atoms with Crippen LogP contribution in [0.4, 0.5) is 10.1 Å². The molecule has 11 nitrogen and oxygen atoms in total. The largest absolute Gasteiger partial charge is 0.367 e. The van der Waals surface area contributed by atoms with E-state index in [2.05, 4.69) is 5.32 Å². The molecule has 3 aliphatic rings. The van der Waals surface area contributed by atoms with Gasteiger partial charge in [-0.3, -0.25) is 24.5 Å². The van der Waals surface area contributed by atoms with Gasteiger partial charge in [-0.25, -0.2) is 12.8 Å². The van der Waals surface area contributed by atoms with Crippen molar-refractivity contribution in [3.63, 3.8) is 0 Å². The third-order valence-corrected chi connectivity index (χ3v) is 9.27. The molecule has 1 unspecified atom stereocenters. The van der Waals surface area contributed by atoms with Crippen molar-refractivity contribution in [1.29, 1.82) is 0 Å². The van der Waals surface area contributed by atoms with E-state index in [1.165, 1.54) is 26.2 Å². The number of nitrogens with zero attached hydrogens (tertiary/aromatic N) is 4. The highest BCUT2D eigenvalue weighted by Crippen LogP contribution is 2.33. The van der Waals surface area contributed by atoms with Crippen LogP contribution in [0.3, 0.4) is 0 Å². The summed E-state index contributed by atoms with van der Waals surface area (Å²) in [5, 5.41) is 2.24. The summed E-state index contributed by atoms with van der Waals surface area (Å²) in [4.78, 5) is 53.6. The van der Waals surface area contributed by atoms with Crippen LogP contribution in [0.15, 0.2) is 41.3 Å². The third-order valence-electron chi connectivity index (χ3n) is 7.31. The zero-order chi connectivity index (χ0) is 28.1. The molecule has 0 bridgehead atoms. The number of carbonyl (C=O) groups excluding carboxylic acids is 4.